The van der Waals surface area contributed by atoms with Gasteiger partial charge in [-0.15, -0.1) is 0 Å². The van der Waals surface area contributed by atoms with Crippen molar-refractivity contribution in [1.82, 2.24) is 0 Å². The fourth-order valence-corrected chi connectivity index (χ4v) is 7.73. The molecule has 6 aromatic carbocycles. The van der Waals surface area contributed by atoms with Crippen LogP contribution in [0.1, 0.15) is 25.0 Å². The minimum absolute atomic E-state index is 0.0610. The normalized spacial score (nSPS) is 14.5. The first-order chi connectivity index (χ1) is 17.6. The van der Waals surface area contributed by atoms with Gasteiger partial charge in [0.15, 0.2) is 0 Å². The molecule has 2 aliphatic rings. The number of hydrogen-bond donors (Lipinski definition) is 0. The molecule has 8 rings (SSSR count). The van der Waals surface area contributed by atoms with E-state index in [4.69, 9.17) is 0 Å². The lowest BCUT2D eigenvalue weighted by Crippen LogP contribution is -2.15. The largest absolute Gasteiger partial charge is 0.0888 e. The van der Waals surface area contributed by atoms with Gasteiger partial charge in [0, 0.05) is 20.6 Å². The van der Waals surface area contributed by atoms with Gasteiger partial charge in [-0.2, -0.15) is 0 Å². The molecule has 170 valence electrons. The van der Waals surface area contributed by atoms with E-state index in [0.717, 1.165) is 0 Å². The maximum Gasteiger partial charge on any atom is 0.0207 e. The summed E-state index contributed by atoms with van der Waals surface area (Å²) in [4.78, 5) is 2.69. The van der Waals surface area contributed by atoms with Gasteiger partial charge in [-0.05, 0) is 78.9 Å². The number of rotatable bonds is 1. The zero-order valence-electron chi connectivity index (χ0n) is 20.3. The summed E-state index contributed by atoms with van der Waals surface area (Å²) in [6.45, 7) is 4.78. The van der Waals surface area contributed by atoms with Crippen molar-refractivity contribution in [3.05, 3.63) is 120 Å². The Bertz CT molecular complexity index is 1890. The van der Waals surface area contributed by atoms with Crippen molar-refractivity contribution in [1.29, 1.82) is 0 Å². The van der Waals surface area contributed by atoms with Crippen molar-refractivity contribution < 1.29 is 0 Å². The van der Waals surface area contributed by atoms with Crippen LogP contribution in [0.4, 0.5) is 0 Å². The smallest absolute Gasteiger partial charge is 0.0207 e. The molecule has 0 unspecified atom stereocenters. The van der Waals surface area contributed by atoms with Crippen LogP contribution in [0.2, 0.25) is 0 Å². The molecule has 0 N–H and O–H groups in total. The van der Waals surface area contributed by atoms with E-state index in [2.05, 4.69) is 123 Å². The van der Waals surface area contributed by atoms with E-state index in [9.17, 15) is 0 Å². The third-order valence-corrected chi connectivity index (χ3v) is 9.37. The molecule has 1 aliphatic carbocycles. The third-order valence-electron chi connectivity index (χ3n) is 8.23. The van der Waals surface area contributed by atoms with E-state index in [1.165, 1.54) is 75.8 Å². The molecule has 0 saturated carbocycles. The number of benzene rings is 6. The lowest BCUT2D eigenvalue weighted by molar-refractivity contribution is 0.666. The van der Waals surface area contributed by atoms with E-state index < -0.39 is 0 Å². The van der Waals surface area contributed by atoms with Crippen molar-refractivity contribution in [2.24, 2.45) is 0 Å². The summed E-state index contributed by atoms with van der Waals surface area (Å²) in [5.74, 6) is 0. The van der Waals surface area contributed by atoms with Crippen molar-refractivity contribution in [2.45, 2.75) is 29.1 Å². The van der Waals surface area contributed by atoms with Crippen molar-refractivity contribution in [3.8, 4) is 33.4 Å². The highest BCUT2D eigenvalue weighted by Crippen LogP contribution is 2.54. The van der Waals surface area contributed by atoms with Crippen LogP contribution in [-0.2, 0) is 5.41 Å². The lowest BCUT2D eigenvalue weighted by atomic mass is 9.79. The Hall–Kier alpha value is -3.81. The average molecular weight is 477 g/mol. The second kappa shape index (κ2) is 7.12. The first kappa shape index (κ1) is 20.4. The summed E-state index contributed by atoms with van der Waals surface area (Å²) < 4.78 is 0. The van der Waals surface area contributed by atoms with E-state index in [0.29, 0.717) is 0 Å². The fraction of sp³-hybridized carbons (Fsp3) is 0.0857. The van der Waals surface area contributed by atoms with E-state index in [-0.39, 0.29) is 5.41 Å². The highest BCUT2D eigenvalue weighted by molar-refractivity contribution is 7.99. The Labute approximate surface area is 215 Å². The SMILES string of the molecule is CC1(C)c2cc(-c3ccc4cccc5c4c3-c3ccccc3S5)ccc2-c2ccc3ccccc3c21. The van der Waals surface area contributed by atoms with Crippen LogP contribution in [0, 0.1) is 0 Å². The van der Waals surface area contributed by atoms with Gasteiger partial charge in [0.1, 0.15) is 0 Å². The summed E-state index contributed by atoms with van der Waals surface area (Å²) in [5.41, 5.74) is 10.9. The second-order valence-electron chi connectivity index (χ2n) is 10.5. The topological polar surface area (TPSA) is 0 Å². The van der Waals surface area contributed by atoms with Crippen LogP contribution in [-0.4, -0.2) is 0 Å². The molecular formula is C35H24S. The zero-order valence-corrected chi connectivity index (χ0v) is 21.1. The molecule has 0 atom stereocenters. The summed E-state index contributed by atoms with van der Waals surface area (Å²) in [5, 5.41) is 5.38. The molecule has 1 heteroatoms. The summed E-state index contributed by atoms with van der Waals surface area (Å²) >= 11 is 1.89. The summed E-state index contributed by atoms with van der Waals surface area (Å²) in [7, 11) is 0. The van der Waals surface area contributed by atoms with Gasteiger partial charge in [0.05, 0.1) is 0 Å². The van der Waals surface area contributed by atoms with Gasteiger partial charge in [0.2, 0.25) is 0 Å². The first-order valence-electron chi connectivity index (χ1n) is 12.6. The Morgan fingerprint density at radius 3 is 2.22 bits per heavy atom. The first-order valence-corrected chi connectivity index (χ1v) is 13.4. The van der Waals surface area contributed by atoms with Crippen LogP contribution in [0.5, 0.6) is 0 Å². The number of fused-ring (bicyclic) bond motifs is 7. The molecule has 1 aliphatic heterocycles. The molecule has 0 fully saturated rings. The Morgan fingerprint density at radius 2 is 1.28 bits per heavy atom. The van der Waals surface area contributed by atoms with Crippen LogP contribution in [0.3, 0.4) is 0 Å². The zero-order chi connectivity index (χ0) is 24.0. The maximum atomic E-state index is 2.47. The minimum Gasteiger partial charge on any atom is -0.0888 e. The van der Waals surface area contributed by atoms with Crippen molar-refractivity contribution >= 4 is 33.3 Å². The Kier molecular flexibility index (Phi) is 4.03. The quantitative estimate of drug-likeness (QED) is 0.227. The molecule has 6 aromatic rings. The van der Waals surface area contributed by atoms with Crippen LogP contribution in [0.15, 0.2) is 119 Å². The Morgan fingerprint density at radius 1 is 0.556 bits per heavy atom. The summed E-state index contributed by atoms with van der Waals surface area (Å²) in [6.07, 6.45) is 0. The molecule has 0 nitrogen and oxygen atoms in total. The molecule has 1 heterocycles. The maximum absolute atomic E-state index is 2.47. The van der Waals surface area contributed by atoms with E-state index in [1.807, 2.05) is 11.8 Å². The van der Waals surface area contributed by atoms with Gasteiger partial charge in [-0.3, -0.25) is 0 Å². The Balaban J connectivity index is 1.40. The van der Waals surface area contributed by atoms with Gasteiger partial charge in [0.25, 0.3) is 0 Å². The van der Waals surface area contributed by atoms with Crippen molar-refractivity contribution in [3.63, 3.8) is 0 Å². The van der Waals surface area contributed by atoms with Gasteiger partial charge in [-0.1, -0.05) is 117 Å². The number of hydrogen-bond acceptors (Lipinski definition) is 1. The van der Waals surface area contributed by atoms with Crippen molar-refractivity contribution in [2.75, 3.05) is 0 Å². The van der Waals surface area contributed by atoms with Gasteiger partial charge >= 0.3 is 0 Å². The molecule has 0 aromatic heterocycles. The molecule has 0 amide bonds. The second-order valence-corrected chi connectivity index (χ2v) is 11.6. The fourth-order valence-electron chi connectivity index (χ4n) is 6.60. The van der Waals surface area contributed by atoms with Crippen LogP contribution < -0.4 is 0 Å². The highest BCUT2D eigenvalue weighted by Gasteiger charge is 2.37. The van der Waals surface area contributed by atoms with Gasteiger partial charge < -0.3 is 0 Å². The minimum atomic E-state index is -0.0610. The third kappa shape index (κ3) is 2.61. The molecular weight excluding hydrogens is 452 g/mol. The molecule has 0 saturated heterocycles. The molecule has 0 bridgehead atoms. The van der Waals surface area contributed by atoms with Gasteiger partial charge in [-0.25, -0.2) is 0 Å². The van der Waals surface area contributed by atoms with Crippen LogP contribution in [0.25, 0.3) is 54.9 Å². The summed E-state index contributed by atoms with van der Waals surface area (Å²) in [6, 6.07) is 40.8. The monoisotopic (exact) mass is 476 g/mol. The average Bonchev–Trinajstić information content (AvgIpc) is 3.15. The predicted octanol–water partition coefficient (Wildman–Crippen LogP) is 10.1. The van der Waals surface area contributed by atoms with E-state index in [1.54, 1.807) is 0 Å². The van der Waals surface area contributed by atoms with E-state index >= 15 is 0 Å². The predicted molar refractivity (Wildman–Crippen MR) is 154 cm³/mol. The molecule has 0 radical (unpaired) electrons. The lowest BCUT2D eigenvalue weighted by Gasteiger charge is -2.25. The molecule has 0 spiro atoms. The highest BCUT2D eigenvalue weighted by atomic mass is 32.2. The molecule has 36 heavy (non-hydrogen) atoms. The van der Waals surface area contributed by atoms with Crippen LogP contribution >= 0.6 is 11.8 Å². The standard InChI is InChI=1S/C35H24S/c1-35(2)29-20-23(16-18-26(29)27-19-14-21-8-3-4-10-25(21)34(27)35)24-17-15-22-9-7-13-31-32(22)33(24)28-11-5-6-12-30(28)36-31/h3-20H,1-2H3.